The van der Waals surface area contributed by atoms with Crippen LogP contribution < -0.4 is 4.74 Å². The van der Waals surface area contributed by atoms with Crippen molar-refractivity contribution in [2.45, 2.75) is 24.9 Å². The molecule has 2 saturated heterocycles. The Hall–Kier alpha value is -1.18. The number of hydrogen-bond acceptors (Lipinski definition) is 5. The molecular weight excluding hydrogens is 343 g/mol. The first kappa shape index (κ1) is 17.2. The van der Waals surface area contributed by atoms with Crippen LogP contribution in [-0.2, 0) is 9.84 Å². The predicted molar refractivity (Wildman–Crippen MR) is 94.0 cm³/mol. The lowest BCUT2D eigenvalue weighted by Gasteiger charge is -2.44. The fourth-order valence-corrected chi connectivity index (χ4v) is 6.09. The number of benzene rings is 1. The van der Waals surface area contributed by atoms with Crippen LogP contribution in [0.15, 0.2) is 24.3 Å². The van der Waals surface area contributed by atoms with Gasteiger partial charge in [-0.05, 0) is 43.0 Å². The Balaban J connectivity index is 1.36. The summed E-state index contributed by atoms with van der Waals surface area (Å²) in [6.07, 6.45) is 2.58. The molecule has 2 heterocycles. The zero-order chi connectivity index (χ0) is 17.4. The second kappa shape index (κ2) is 6.85. The third-order valence-corrected chi connectivity index (χ3v) is 7.26. The first-order valence-electron chi connectivity index (χ1n) is 9.07. The van der Waals surface area contributed by atoms with Crippen LogP contribution in [0.4, 0.5) is 4.39 Å². The van der Waals surface area contributed by atoms with E-state index in [4.69, 9.17) is 4.74 Å². The number of hydrogen-bond donors (Lipinski definition) is 0. The predicted octanol–water partition coefficient (Wildman–Crippen LogP) is 1.40. The SMILES string of the molecule is O=S1(=O)CC2C(C1)N(CC1CC1)CCN2CCOc1ccc(F)cc1. The molecule has 7 heteroatoms. The van der Waals surface area contributed by atoms with Gasteiger partial charge in [-0.2, -0.15) is 0 Å². The van der Waals surface area contributed by atoms with Crippen molar-refractivity contribution in [1.82, 2.24) is 9.80 Å². The molecule has 3 aliphatic rings. The van der Waals surface area contributed by atoms with Crippen LogP contribution in [0.5, 0.6) is 5.75 Å². The van der Waals surface area contributed by atoms with E-state index in [2.05, 4.69) is 9.80 Å². The van der Waals surface area contributed by atoms with Gasteiger partial charge in [-0.1, -0.05) is 0 Å². The van der Waals surface area contributed by atoms with E-state index in [1.54, 1.807) is 12.1 Å². The van der Waals surface area contributed by atoms with Gasteiger partial charge >= 0.3 is 0 Å². The second-order valence-electron chi connectivity index (χ2n) is 7.49. The van der Waals surface area contributed by atoms with E-state index in [0.29, 0.717) is 24.7 Å². The van der Waals surface area contributed by atoms with E-state index in [9.17, 15) is 12.8 Å². The monoisotopic (exact) mass is 368 g/mol. The van der Waals surface area contributed by atoms with E-state index in [1.165, 1.54) is 25.0 Å². The Morgan fingerprint density at radius 3 is 2.36 bits per heavy atom. The molecule has 3 fully saturated rings. The maximum atomic E-state index is 12.9. The van der Waals surface area contributed by atoms with Crippen molar-refractivity contribution in [2.75, 3.05) is 44.3 Å². The molecule has 1 aromatic carbocycles. The zero-order valence-corrected chi connectivity index (χ0v) is 15.1. The maximum Gasteiger partial charge on any atom is 0.153 e. The van der Waals surface area contributed by atoms with Gasteiger partial charge in [-0.25, -0.2) is 12.8 Å². The van der Waals surface area contributed by atoms with Crippen molar-refractivity contribution in [1.29, 1.82) is 0 Å². The Kier molecular flexibility index (Phi) is 4.73. The summed E-state index contributed by atoms with van der Waals surface area (Å²) in [4.78, 5) is 4.67. The zero-order valence-electron chi connectivity index (χ0n) is 14.3. The lowest BCUT2D eigenvalue weighted by Crippen LogP contribution is -2.60. The topological polar surface area (TPSA) is 49.9 Å². The number of rotatable bonds is 6. The third kappa shape index (κ3) is 4.15. The van der Waals surface area contributed by atoms with Gasteiger partial charge < -0.3 is 4.74 Å². The smallest absolute Gasteiger partial charge is 0.153 e. The highest BCUT2D eigenvalue weighted by atomic mass is 32.2. The fraction of sp³-hybridized carbons (Fsp3) is 0.667. The van der Waals surface area contributed by atoms with Gasteiger partial charge in [-0.15, -0.1) is 0 Å². The Bertz CT molecular complexity index is 706. The molecule has 138 valence electrons. The molecule has 1 aliphatic carbocycles. The van der Waals surface area contributed by atoms with Crippen LogP contribution in [0.25, 0.3) is 0 Å². The average molecular weight is 368 g/mol. The Morgan fingerprint density at radius 1 is 1.04 bits per heavy atom. The van der Waals surface area contributed by atoms with E-state index in [0.717, 1.165) is 25.6 Å². The number of sulfone groups is 1. The highest BCUT2D eigenvalue weighted by molar-refractivity contribution is 7.91. The van der Waals surface area contributed by atoms with Gasteiger partial charge in [0.05, 0.1) is 11.5 Å². The molecule has 0 aromatic heterocycles. The Morgan fingerprint density at radius 2 is 1.68 bits per heavy atom. The normalized spacial score (nSPS) is 29.5. The lowest BCUT2D eigenvalue weighted by atomic mass is 10.0. The maximum absolute atomic E-state index is 12.9. The van der Waals surface area contributed by atoms with Crippen molar-refractivity contribution in [3.05, 3.63) is 30.1 Å². The van der Waals surface area contributed by atoms with Crippen LogP contribution in [-0.4, -0.2) is 74.6 Å². The second-order valence-corrected chi connectivity index (χ2v) is 9.64. The first-order valence-corrected chi connectivity index (χ1v) is 10.9. The quantitative estimate of drug-likeness (QED) is 0.760. The van der Waals surface area contributed by atoms with E-state index in [1.807, 2.05) is 0 Å². The van der Waals surface area contributed by atoms with Crippen LogP contribution in [0.2, 0.25) is 0 Å². The molecule has 1 saturated carbocycles. The molecular formula is C18H25FN2O3S. The van der Waals surface area contributed by atoms with Crippen LogP contribution in [0, 0.1) is 11.7 Å². The molecule has 1 aromatic rings. The number of fused-ring (bicyclic) bond motifs is 1. The number of ether oxygens (including phenoxy) is 1. The largest absolute Gasteiger partial charge is 0.492 e. The lowest BCUT2D eigenvalue weighted by molar-refractivity contribution is 0.0349. The standard InChI is InChI=1S/C18H25FN2O3S/c19-15-3-5-16(6-4-15)24-10-9-20-7-8-21(11-14-1-2-14)18-13-25(22,23)12-17(18)20/h3-6,14,17-18H,1-2,7-13H2. The minimum absolute atomic E-state index is 0.0781. The molecule has 2 unspecified atom stereocenters. The number of halogens is 1. The number of piperazine rings is 1. The minimum atomic E-state index is -2.96. The summed E-state index contributed by atoms with van der Waals surface area (Å²) in [6.45, 7) is 4.05. The van der Waals surface area contributed by atoms with E-state index < -0.39 is 9.84 Å². The van der Waals surface area contributed by atoms with Crippen molar-refractivity contribution in [3.8, 4) is 5.75 Å². The molecule has 2 aliphatic heterocycles. The molecule has 2 atom stereocenters. The van der Waals surface area contributed by atoms with Crippen molar-refractivity contribution in [3.63, 3.8) is 0 Å². The molecule has 4 rings (SSSR count). The van der Waals surface area contributed by atoms with Crippen molar-refractivity contribution >= 4 is 9.84 Å². The summed E-state index contributed by atoms with van der Waals surface area (Å²) in [7, 11) is -2.96. The Labute approximate surface area is 148 Å². The minimum Gasteiger partial charge on any atom is -0.492 e. The van der Waals surface area contributed by atoms with Crippen molar-refractivity contribution < 1.29 is 17.5 Å². The summed E-state index contributed by atoms with van der Waals surface area (Å²) in [5, 5.41) is 0. The van der Waals surface area contributed by atoms with E-state index >= 15 is 0 Å². The number of nitrogens with zero attached hydrogens (tertiary/aromatic N) is 2. The summed E-state index contributed by atoms with van der Waals surface area (Å²) in [5.41, 5.74) is 0. The van der Waals surface area contributed by atoms with Gasteiger partial charge in [-0.3, -0.25) is 9.80 Å². The molecule has 0 amide bonds. The molecule has 5 nitrogen and oxygen atoms in total. The first-order chi connectivity index (χ1) is 12.0. The van der Waals surface area contributed by atoms with Crippen LogP contribution in [0.1, 0.15) is 12.8 Å². The van der Waals surface area contributed by atoms with Gasteiger partial charge in [0.1, 0.15) is 18.2 Å². The molecule has 0 N–H and O–H groups in total. The third-order valence-electron chi connectivity index (χ3n) is 5.56. The highest BCUT2D eigenvalue weighted by Crippen LogP contribution is 2.34. The van der Waals surface area contributed by atoms with Gasteiger partial charge in [0.2, 0.25) is 0 Å². The van der Waals surface area contributed by atoms with Crippen molar-refractivity contribution in [2.24, 2.45) is 5.92 Å². The van der Waals surface area contributed by atoms with Crippen LogP contribution in [0.3, 0.4) is 0 Å². The summed E-state index contributed by atoms with van der Waals surface area (Å²) >= 11 is 0. The van der Waals surface area contributed by atoms with Gasteiger partial charge in [0.15, 0.2) is 9.84 Å². The van der Waals surface area contributed by atoms with E-state index in [-0.39, 0.29) is 23.7 Å². The fourth-order valence-electron chi connectivity index (χ4n) is 4.04. The average Bonchev–Trinajstić information content (AvgIpc) is 3.32. The van der Waals surface area contributed by atoms with Crippen LogP contribution >= 0.6 is 0 Å². The molecule has 0 radical (unpaired) electrons. The van der Waals surface area contributed by atoms with Gasteiger partial charge in [0, 0.05) is 38.3 Å². The molecule has 0 bridgehead atoms. The van der Waals surface area contributed by atoms with Gasteiger partial charge in [0.25, 0.3) is 0 Å². The summed E-state index contributed by atoms with van der Waals surface area (Å²) in [5.74, 6) is 1.69. The molecule has 25 heavy (non-hydrogen) atoms. The summed E-state index contributed by atoms with van der Waals surface area (Å²) < 4.78 is 43.0. The molecule has 0 spiro atoms. The highest BCUT2D eigenvalue weighted by Gasteiger charge is 2.47. The summed E-state index contributed by atoms with van der Waals surface area (Å²) in [6, 6.07) is 6.20.